The van der Waals surface area contributed by atoms with Crippen molar-refractivity contribution < 1.29 is 9.90 Å². The highest BCUT2D eigenvalue weighted by molar-refractivity contribution is 7.14. The number of nitrogens with one attached hydrogen (secondary N) is 1. The van der Waals surface area contributed by atoms with Crippen LogP contribution in [0.5, 0.6) is 5.75 Å². The van der Waals surface area contributed by atoms with Gasteiger partial charge in [0.15, 0.2) is 5.13 Å². The number of thiazole rings is 1. The molecule has 2 heterocycles. The van der Waals surface area contributed by atoms with Gasteiger partial charge < -0.3 is 10.4 Å². The Morgan fingerprint density at radius 1 is 1.22 bits per heavy atom. The zero-order chi connectivity index (χ0) is 16.1. The quantitative estimate of drug-likeness (QED) is 0.753. The van der Waals surface area contributed by atoms with Gasteiger partial charge in [0.25, 0.3) is 0 Å². The van der Waals surface area contributed by atoms with Gasteiger partial charge >= 0.3 is 0 Å². The van der Waals surface area contributed by atoms with Gasteiger partial charge in [0.2, 0.25) is 5.91 Å². The molecule has 0 saturated carbocycles. The summed E-state index contributed by atoms with van der Waals surface area (Å²) in [5, 5.41) is 14.7. The zero-order valence-electron chi connectivity index (χ0n) is 12.3. The summed E-state index contributed by atoms with van der Waals surface area (Å²) >= 11 is 1.39. The Morgan fingerprint density at radius 2 is 2.04 bits per heavy atom. The minimum absolute atomic E-state index is 0.0935. The summed E-state index contributed by atoms with van der Waals surface area (Å²) in [5.74, 6) is 0.119. The lowest BCUT2D eigenvalue weighted by Crippen LogP contribution is -2.12. The van der Waals surface area contributed by atoms with Crippen LogP contribution in [0.4, 0.5) is 5.13 Å². The fraction of sp³-hybridized carbons (Fsp3) is 0.118. The van der Waals surface area contributed by atoms with Crippen LogP contribution in [-0.2, 0) is 11.2 Å². The fourth-order valence-corrected chi connectivity index (χ4v) is 2.87. The van der Waals surface area contributed by atoms with Gasteiger partial charge in [0, 0.05) is 29.8 Å². The van der Waals surface area contributed by atoms with E-state index >= 15 is 0 Å². The van der Waals surface area contributed by atoms with Crippen molar-refractivity contribution in [2.24, 2.45) is 0 Å². The molecule has 0 atom stereocenters. The molecule has 5 nitrogen and oxygen atoms in total. The van der Waals surface area contributed by atoms with Crippen LogP contribution in [0, 0.1) is 0 Å². The van der Waals surface area contributed by atoms with Crippen molar-refractivity contribution in [1.82, 2.24) is 9.97 Å². The van der Waals surface area contributed by atoms with Gasteiger partial charge in [-0.05, 0) is 36.2 Å². The van der Waals surface area contributed by atoms with E-state index in [0.29, 0.717) is 18.0 Å². The Kier molecular flexibility index (Phi) is 4.63. The number of benzene rings is 1. The van der Waals surface area contributed by atoms with Crippen LogP contribution in [0.1, 0.15) is 12.0 Å². The minimum atomic E-state index is -0.0935. The normalized spacial score (nSPS) is 10.4. The predicted molar refractivity (Wildman–Crippen MR) is 90.4 cm³/mol. The first-order valence-corrected chi connectivity index (χ1v) is 8.02. The molecule has 0 spiro atoms. The molecule has 0 fully saturated rings. The largest absolute Gasteiger partial charge is 0.508 e. The smallest absolute Gasteiger partial charge is 0.226 e. The highest BCUT2D eigenvalue weighted by Gasteiger charge is 2.08. The standard InChI is InChI=1S/C17H15N3O2S/c21-14-3-1-2-12(10-14)4-5-16(22)20-17-19-15(11-23-17)13-6-8-18-9-7-13/h1-3,6-11,21H,4-5H2,(H,19,20,22). The Labute approximate surface area is 137 Å². The SMILES string of the molecule is O=C(CCc1cccc(O)c1)Nc1nc(-c2ccncc2)cs1. The second-order valence-corrected chi connectivity index (χ2v) is 5.85. The number of carbonyl (C=O) groups excluding carboxylic acids is 1. The van der Waals surface area contributed by atoms with Crippen molar-refractivity contribution in [2.45, 2.75) is 12.8 Å². The number of phenolic OH excluding ortho intramolecular Hbond substituents is 1. The molecule has 23 heavy (non-hydrogen) atoms. The second kappa shape index (κ2) is 7.02. The molecule has 116 valence electrons. The van der Waals surface area contributed by atoms with E-state index in [1.165, 1.54) is 11.3 Å². The third-order valence-corrected chi connectivity index (χ3v) is 4.04. The van der Waals surface area contributed by atoms with Gasteiger partial charge in [-0.1, -0.05) is 12.1 Å². The molecule has 0 aliphatic carbocycles. The van der Waals surface area contributed by atoms with Crippen LogP contribution in [0.3, 0.4) is 0 Å². The molecule has 2 aromatic heterocycles. The first-order chi connectivity index (χ1) is 11.2. The monoisotopic (exact) mass is 325 g/mol. The molecule has 1 aromatic carbocycles. The number of anilines is 1. The molecule has 3 rings (SSSR count). The lowest BCUT2D eigenvalue weighted by atomic mass is 10.1. The molecule has 0 aliphatic rings. The molecule has 3 aromatic rings. The number of phenols is 1. The molecule has 0 saturated heterocycles. The van der Waals surface area contributed by atoms with Crippen LogP contribution in [0.25, 0.3) is 11.3 Å². The number of hydrogen-bond donors (Lipinski definition) is 2. The van der Waals surface area contributed by atoms with Crippen molar-refractivity contribution in [3.63, 3.8) is 0 Å². The number of pyridine rings is 1. The van der Waals surface area contributed by atoms with Crippen molar-refractivity contribution in [2.75, 3.05) is 5.32 Å². The van der Waals surface area contributed by atoms with Crippen LogP contribution in [0.15, 0.2) is 54.2 Å². The highest BCUT2D eigenvalue weighted by Crippen LogP contribution is 2.24. The van der Waals surface area contributed by atoms with Crippen LogP contribution in [-0.4, -0.2) is 21.0 Å². The van der Waals surface area contributed by atoms with Crippen LogP contribution in [0.2, 0.25) is 0 Å². The van der Waals surface area contributed by atoms with Gasteiger partial charge in [0.1, 0.15) is 5.75 Å². The van der Waals surface area contributed by atoms with E-state index < -0.39 is 0 Å². The number of rotatable bonds is 5. The van der Waals surface area contributed by atoms with Crippen molar-refractivity contribution in [1.29, 1.82) is 0 Å². The van der Waals surface area contributed by atoms with Gasteiger partial charge in [-0.25, -0.2) is 4.98 Å². The van der Waals surface area contributed by atoms with Crippen LogP contribution < -0.4 is 5.32 Å². The lowest BCUT2D eigenvalue weighted by Gasteiger charge is -2.03. The average Bonchev–Trinajstić information content (AvgIpc) is 3.02. The number of aromatic hydroxyl groups is 1. The summed E-state index contributed by atoms with van der Waals surface area (Å²) in [4.78, 5) is 20.4. The summed E-state index contributed by atoms with van der Waals surface area (Å²) in [7, 11) is 0. The average molecular weight is 325 g/mol. The van der Waals surface area contributed by atoms with Gasteiger partial charge in [0.05, 0.1) is 5.69 Å². The maximum atomic E-state index is 12.0. The lowest BCUT2D eigenvalue weighted by molar-refractivity contribution is -0.116. The first-order valence-electron chi connectivity index (χ1n) is 7.14. The Balaban J connectivity index is 1.57. The molecule has 6 heteroatoms. The topological polar surface area (TPSA) is 75.1 Å². The number of carbonyl (C=O) groups is 1. The molecular formula is C17H15N3O2S. The Bertz CT molecular complexity index is 802. The molecule has 2 N–H and O–H groups in total. The minimum Gasteiger partial charge on any atom is -0.508 e. The van der Waals surface area contributed by atoms with Gasteiger partial charge in [-0.2, -0.15) is 0 Å². The van der Waals surface area contributed by atoms with E-state index in [-0.39, 0.29) is 11.7 Å². The third kappa shape index (κ3) is 4.14. The number of amides is 1. The van der Waals surface area contributed by atoms with Crippen LogP contribution >= 0.6 is 11.3 Å². The van der Waals surface area contributed by atoms with Crippen molar-refractivity contribution >= 4 is 22.4 Å². The van der Waals surface area contributed by atoms with E-state index in [1.807, 2.05) is 23.6 Å². The summed E-state index contributed by atoms with van der Waals surface area (Å²) in [6, 6.07) is 10.7. The van der Waals surface area contributed by atoms with Gasteiger partial charge in [-0.3, -0.25) is 9.78 Å². The van der Waals surface area contributed by atoms with E-state index in [2.05, 4.69) is 15.3 Å². The number of aryl methyl sites for hydroxylation is 1. The Morgan fingerprint density at radius 3 is 2.83 bits per heavy atom. The summed E-state index contributed by atoms with van der Waals surface area (Å²) in [5.41, 5.74) is 2.72. The molecular weight excluding hydrogens is 310 g/mol. The Hall–Kier alpha value is -2.73. The van der Waals surface area contributed by atoms with Gasteiger partial charge in [-0.15, -0.1) is 11.3 Å². The second-order valence-electron chi connectivity index (χ2n) is 4.99. The van der Waals surface area contributed by atoms with E-state index in [4.69, 9.17) is 0 Å². The first kappa shape index (κ1) is 15.2. The molecule has 1 amide bonds. The number of nitrogens with zero attached hydrogens (tertiary/aromatic N) is 2. The van der Waals surface area contributed by atoms with E-state index in [9.17, 15) is 9.90 Å². The fourth-order valence-electron chi connectivity index (χ4n) is 2.14. The molecule has 0 radical (unpaired) electrons. The summed E-state index contributed by atoms with van der Waals surface area (Å²) in [6.07, 6.45) is 4.33. The zero-order valence-corrected chi connectivity index (χ0v) is 13.1. The van der Waals surface area contributed by atoms with Crippen molar-refractivity contribution in [3.8, 4) is 17.0 Å². The maximum Gasteiger partial charge on any atom is 0.226 e. The molecule has 0 bridgehead atoms. The summed E-state index contributed by atoms with van der Waals surface area (Å²) < 4.78 is 0. The summed E-state index contributed by atoms with van der Waals surface area (Å²) in [6.45, 7) is 0. The van der Waals surface area contributed by atoms with E-state index in [0.717, 1.165) is 16.8 Å². The molecule has 0 unspecified atom stereocenters. The molecule has 0 aliphatic heterocycles. The highest BCUT2D eigenvalue weighted by atomic mass is 32.1. The predicted octanol–water partition coefficient (Wildman–Crippen LogP) is 3.48. The number of aromatic nitrogens is 2. The third-order valence-electron chi connectivity index (χ3n) is 3.28. The van der Waals surface area contributed by atoms with E-state index in [1.54, 1.807) is 30.6 Å². The van der Waals surface area contributed by atoms with Crippen molar-refractivity contribution in [3.05, 3.63) is 59.7 Å². The number of hydrogen-bond acceptors (Lipinski definition) is 5. The maximum absolute atomic E-state index is 12.0.